The van der Waals surface area contributed by atoms with Gasteiger partial charge in [-0.25, -0.2) is 0 Å². The lowest BCUT2D eigenvalue weighted by Crippen LogP contribution is -2.32. The first-order chi connectivity index (χ1) is 30.2. The average molecular weight is 776 g/mol. The third-order valence-electron chi connectivity index (χ3n) is 13.2. The maximum absolute atomic E-state index is 7.10. The molecule has 10 aromatic carbocycles. The van der Waals surface area contributed by atoms with E-state index in [1.54, 1.807) is 0 Å². The van der Waals surface area contributed by atoms with Crippen molar-refractivity contribution in [3.05, 3.63) is 247 Å². The van der Waals surface area contributed by atoms with E-state index in [0.717, 1.165) is 39.3 Å². The van der Waals surface area contributed by atoms with Gasteiger partial charge in [-0.3, -0.25) is 0 Å². The minimum Gasteiger partial charge on any atom is -0.457 e. The van der Waals surface area contributed by atoms with Gasteiger partial charge in [0.15, 0.2) is 0 Å². The summed E-state index contributed by atoms with van der Waals surface area (Å²) in [5, 5.41) is 4.90. The first-order valence-electron chi connectivity index (χ1n) is 21.1. The van der Waals surface area contributed by atoms with E-state index >= 15 is 0 Å². The first-order valence-corrected chi connectivity index (χ1v) is 21.1. The van der Waals surface area contributed by atoms with Crippen LogP contribution in [-0.2, 0) is 5.41 Å². The van der Waals surface area contributed by atoms with Crippen LogP contribution in [0.4, 0.5) is 0 Å². The topological polar surface area (TPSA) is 14.2 Å². The Balaban J connectivity index is 1.12. The zero-order valence-corrected chi connectivity index (χ0v) is 33.2. The normalized spacial score (nSPS) is 13.2. The van der Waals surface area contributed by atoms with Crippen LogP contribution >= 0.6 is 0 Å². The Labute approximate surface area is 354 Å². The number of hydrogen-bond donors (Lipinski definition) is 0. The highest BCUT2D eigenvalue weighted by atomic mass is 16.5. The van der Waals surface area contributed by atoms with Crippen LogP contribution in [0.2, 0.25) is 0 Å². The zero-order chi connectivity index (χ0) is 40.1. The minimum absolute atomic E-state index is 0.559. The predicted octanol–water partition coefficient (Wildman–Crippen LogP) is 15.4. The van der Waals surface area contributed by atoms with Crippen LogP contribution in [0.3, 0.4) is 0 Å². The summed E-state index contributed by atoms with van der Waals surface area (Å²) in [6.45, 7) is 0. The van der Waals surface area contributed by atoms with E-state index < -0.39 is 5.41 Å². The number of para-hydroxylation sites is 1. The second-order valence-electron chi connectivity index (χ2n) is 16.4. The number of fused-ring (bicyclic) bond motifs is 14. The van der Waals surface area contributed by atoms with Crippen LogP contribution in [0.15, 0.2) is 224 Å². The molecular formula is C59H37NO. The lowest BCUT2D eigenvalue weighted by molar-refractivity contribution is 0.437. The molecule has 0 amide bonds. The highest BCUT2D eigenvalue weighted by molar-refractivity contribution is 6.22. The second kappa shape index (κ2) is 13.0. The van der Waals surface area contributed by atoms with Gasteiger partial charge in [0.25, 0.3) is 0 Å². The molecule has 0 saturated carbocycles. The van der Waals surface area contributed by atoms with E-state index in [2.05, 4.69) is 229 Å². The highest BCUT2D eigenvalue weighted by Crippen LogP contribution is 2.62. The molecule has 11 aromatic rings. The van der Waals surface area contributed by atoms with Gasteiger partial charge in [-0.05, 0) is 103 Å². The standard InChI is InChI=1S/C59H37NO/c1-3-15-38(16-4-1)40-27-29-41(30-28-40)44-33-43(39-17-5-2-6-18-39)34-45(35-44)60-54-32-31-42-19-7-8-20-46(42)58(54)49-36-53-57(37-55(49)60)61-56-26-14-13-25-52(56)59(53)50-23-11-9-21-47(50)48-22-10-12-24-51(48)59/h1-37H. The maximum Gasteiger partial charge on any atom is 0.134 e. The molecule has 2 heteroatoms. The van der Waals surface area contributed by atoms with Crippen molar-refractivity contribution >= 4 is 32.6 Å². The minimum atomic E-state index is -0.559. The van der Waals surface area contributed by atoms with Crippen LogP contribution < -0.4 is 4.74 Å². The van der Waals surface area contributed by atoms with Crippen molar-refractivity contribution in [2.75, 3.05) is 0 Å². The van der Waals surface area contributed by atoms with Gasteiger partial charge in [-0.15, -0.1) is 0 Å². The summed E-state index contributed by atoms with van der Waals surface area (Å²) in [6, 6.07) is 82.2. The Bertz CT molecular complexity index is 3500. The molecule has 13 rings (SSSR count). The number of benzene rings is 10. The zero-order valence-electron chi connectivity index (χ0n) is 33.2. The van der Waals surface area contributed by atoms with E-state index in [1.165, 1.54) is 77.2 Å². The molecule has 1 aliphatic heterocycles. The van der Waals surface area contributed by atoms with Gasteiger partial charge in [0.1, 0.15) is 11.5 Å². The van der Waals surface area contributed by atoms with Crippen LogP contribution in [0.5, 0.6) is 11.5 Å². The van der Waals surface area contributed by atoms with Gasteiger partial charge in [0.2, 0.25) is 0 Å². The number of aromatic nitrogens is 1. The van der Waals surface area contributed by atoms with Gasteiger partial charge in [0, 0.05) is 33.7 Å². The van der Waals surface area contributed by atoms with Crippen molar-refractivity contribution in [1.82, 2.24) is 4.57 Å². The maximum atomic E-state index is 7.10. The second-order valence-corrected chi connectivity index (χ2v) is 16.4. The summed E-state index contributed by atoms with van der Waals surface area (Å²) in [6.07, 6.45) is 0. The van der Waals surface area contributed by atoms with E-state index in [4.69, 9.17) is 4.74 Å². The van der Waals surface area contributed by atoms with E-state index in [1.807, 2.05) is 0 Å². The molecule has 1 spiro atoms. The lowest BCUT2D eigenvalue weighted by Gasteiger charge is -2.39. The molecule has 2 heterocycles. The molecule has 0 fully saturated rings. The van der Waals surface area contributed by atoms with Gasteiger partial charge in [-0.1, -0.05) is 182 Å². The predicted molar refractivity (Wildman–Crippen MR) is 252 cm³/mol. The molecule has 0 saturated heterocycles. The van der Waals surface area contributed by atoms with Gasteiger partial charge in [0.05, 0.1) is 16.4 Å². The van der Waals surface area contributed by atoms with Crippen molar-refractivity contribution in [2.24, 2.45) is 0 Å². The Morgan fingerprint density at radius 3 is 1.56 bits per heavy atom. The molecule has 0 unspecified atom stereocenters. The fraction of sp³-hybridized carbons (Fsp3) is 0.0169. The summed E-state index contributed by atoms with van der Waals surface area (Å²) >= 11 is 0. The molecule has 1 aliphatic carbocycles. The third kappa shape index (κ3) is 4.91. The van der Waals surface area contributed by atoms with Gasteiger partial charge in [-0.2, -0.15) is 0 Å². The molecule has 2 nitrogen and oxygen atoms in total. The van der Waals surface area contributed by atoms with Crippen LogP contribution in [0.1, 0.15) is 22.3 Å². The van der Waals surface area contributed by atoms with E-state index in [9.17, 15) is 0 Å². The highest BCUT2D eigenvalue weighted by Gasteiger charge is 2.51. The molecule has 2 aliphatic rings. The van der Waals surface area contributed by atoms with Crippen molar-refractivity contribution in [1.29, 1.82) is 0 Å². The quantitative estimate of drug-likeness (QED) is 0.174. The SMILES string of the molecule is c1ccc(-c2ccc(-c3cc(-c4ccccc4)cc(-n4c5cc6c(cc5c5c7ccccc7ccc54)C4(c5ccccc5O6)c5ccccc5-c5ccccc54)c3)cc2)cc1. The number of nitrogens with zero attached hydrogens (tertiary/aromatic N) is 1. The van der Waals surface area contributed by atoms with Crippen LogP contribution in [-0.4, -0.2) is 4.57 Å². The Hall–Kier alpha value is -7.94. The molecule has 0 N–H and O–H groups in total. The van der Waals surface area contributed by atoms with Crippen molar-refractivity contribution in [3.8, 4) is 61.7 Å². The smallest absolute Gasteiger partial charge is 0.134 e. The molecule has 61 heavy (non-hydrogen) atoms. The molecule has 0 radical (unpaired) electrons. The fourth-order valence-electron chi connectivity index (χ4n) is 10.6. The van der Waals surface area contributed by atoms with Gasteiger partial charge < -0.3 is 9.30 Å². The van der Waals surface area contributed by atoms with Crippen molar-refractivity contribution in [3.63, 3.8) is 0 Å². The largest absolute Gasteiger partial charge is 0.457 e. The lowest BCUT2D eigenvalue weighted by atomic mass is 9.66. The summed E-state index contributed by atoms with van der Waals surface area (Å²) < 4.78 is 9.57. The summed E-state index contributed by atoms with van der Waals surface area (Å²) in [7, 11) is 0. The summed E-state index contributed by atoms with van der Waals surface area (Å²) in [5.74, 6) is 1.77. The summed E-state index contributed by atoms with van der Waals surface area (Å²) in [5.41, 5.74) is 17.4. The van der Waals surface area contributed by atoms with E-state index in [0.29, 0.717) is 0 Å². The first kappa shape index (κ1) is 34.0. The molecule has 1 aromatic heterocycles. The molecular weight excluding hydrogens is 739 g/mol. The fourth-order valence-corrected chi connectivity index (χ4v) is 10.6. The Morgan fingerprint density at radius 2 is 0.869 bits per heavy atom. The molecule has 284 valence electrons. The van der Waals surface area contributed by atoms with Crippen LogP contribution in [0, 0.1) is 0 Å². The average Bonchev–Trinajstić information content (AvgIpc) is 3.82. The number of ether oxygens (including phenoxy) is 1. The summed E-state index contributed by atoms with van der Waals surface area (Å²) in [4.78, 5) is 0. The van der Waals surface area contributed by atoms with Crippen molar-refractivity contribution < 1.29 is 4.74 Å². The van der Waals surface area contributed by atoms with Crippen molar-refractivity contribution in [2.45, 2.75) is 5.41 Å². The Kier molecular flexibility index (Phi) is 7.26. The molecule has 0 atom stereocenters. The third-order valence-corrected chi connectivity index (χ3v) is 13.2. The monoisotopic (exact) mass is 775 g/mol. The Morgan fingerprint density at radius 1 is 0.328 bits per heavy atom. The number of hydrogen-bond acceptors (Lipinski definition) is 1. The van der Waals surface area contributed by atoms with Gasteiger partial charge >= 0.3 is 0 Å². The molecule has 0 bridgehead atoms. The van der Waals surface area contributed by atoms with Crippen LogP contribution in [0.25, 0.3) is 82.8 Å². The number of rotatable bonds is 4. The van der Waals surface area contributed by atoms with E-state index in [-0.39, 0.29) is 0 Å².